The Morgan fingerprint density at radius 3 is 2.67 bits per heavy atom. The molecule has 1 N–H and O–H groups in total. The topological polar surface area (TPSA) is 35.9 Å². The molecular weight excluding hydrogens is 264 g/mol. The zero-order valence-electron chi connectivity index (χ0n) is 13.5. The minimum absolute atomic E-state index is 0.502. The van der Waals surface area contributed by atoms with Crippen LogP contribution in [0.1, 0.15) is 24.5 Å². The molecule has 1 aromatic carbocycles. The van der Waals surface area contributed by atoms with Crippen LogP contribution in [0.5, 0.6) is 5.75 Å². The lowest BCUT2D eigenvalue weighted by molar-refractivity contribution is 0.104. The second-order valence-corrected chi connectivity index (χ2v) is 6.23. The third-order valence-corrected chi connectivity index (χ3v) is 4.39. The first-order chi connectivity index (χ1) is 10.1. The molecule has 1 saturated heterocycles. The maximum atomic E-state index is 10.4. The predicted molar refractivity (Wildman–Crippen MR) is 85.7 cm³/mol. The standard InChI is InChI=1S/C17H28N2O2/c1-18-10-8-14(9-11-18)12-19(2)13-16(20)15-6-4-5-7-17(15)21-3/h4-7,14,16,20H,8-13H2,1-3H3. The summed E-state index contributed by atoms with van der Waals surface area (Å²) >= 11 is 0. The Morgan fingerprint density at radius 1 is 1.33 bits per heavy atom. The Morgan fingerprint density at radius 2 is 2.00 bits per heavy atom. The fraction of sp³-hybridized carbons (Fsp3) is 0.647. The van der Waals surface area contributed by atoms with E-state index in [4.69, 9.17) is 4.74 Å². The van der Waals surface area contributed by atoms with Gasteiger partial charge in [-0.15, -0.1) is 0 Å². The zero-order valence-corrected chi connectivity index (χ0v) is 13.5. The fourth-order valence-electron chi connectivity index (χ4n) is 3.10. The minimum atomic E-state index is -0.502. The van der Waals surface area contributed by atoms with Gasteiger partial charge in [-0.1, -0.05) is 18.2 Å². The van der Waals surface area contributed by atoms with Gasteiger partial charge in [-0.05, 0) is 52.0 Å². The van der Waals surface area contributed by atoms with E-state index in [0.717, 1.165) is 23.8 Å². The normalized spacial score (nSPS) is 18.9. The molecule has 1 unspecified atom stereocenters. The first-order valence-electron chi connectivity index (χ1n) is 7.78. The smallest absolute Gasteiger partial charge is 0.124 e. The summed E-state index contributed by atoms with van der Waals surface area (Å²) in [5, 5.41) is 10.4. The first-order valence-corrected chi connectivity index (χ1v) is 7.78. The molecule has 0 aromatic heterocycles. The summed E-state index contributed by atoms with van der Waals surface area (Å²) in [6.07, 6.45) is 2.01. The molecule has 1 atom stereocenters. The van der Waals surface area contributed by atoms with Crippen molar-refractivity contribution >= 4 is 0 Å². The van der Waals surface area contributed by atoms with Gasteiger partial charge in [0.05, 0.1) is 13.2 Å². The number of piperidine rings is 1. The molecule has 2 rings (SSSR count). The van der Waals surface area contributed by atoms with Crippen molar-refractivity contribution in [2.45, 2.75) is 18.9 Å². The molecule has 0 amide bonds. The van der Waals surface area contributed by atoms with Gasteiger partial charge in [0, 0.05) is 18.7 Å². The second-order valence-electron chi connectivity index (χ2n) is 6.23. The van der Waals surface area contributed by atoms with Gasteiger partial charge in [-0.3, -0.25) is 0 Å². The van der Waals surface area contributed by atoms with Crippen LogP contribution in [0, 0.1) is 5.92 Å². The van der Waals surface area contributed by atoms with Crippen LogP contribution in [0.2, 0.25) is 0 Å². The van der Waals surface area contributed by atoms with Crippen molar-refractivity contribution < 1.29 is 9.84 Å². The highest BCUT2D eigenvalue weighted by atomic mass is 16.5. The monoisotopic (exact) mass is 292 g/mol. The summed E-state index contributed by atoms with van der Waals surface area (Å²) in [5.41, 5.74) is 0.871. The van der Waals surface area contributed by atoms with Gasteiger partial charge in [0.2, 0.25) is 0 Å². The van der Waals surface area contributed by atoms with Crippen molar-refractivity contribution in [3.8, 4) is 5.75 Å². The summed E-state index contributed by atoms with van der Waals surface area (Å²) in [7, 11) is 5.93. The maximum absolute atomic E-state index is 10.4. The third kappa shape index (κ3) is 4.70. The van der Waals surface area contributed by atoms with Crippen LogP contribution >= 0.6 is 0 Å². The largest absolute Gasteiger partial charge is 0.496 e. The highest BCUT2D eigenvalue weighted by molar-refractivity contribution is 5.35. The van der Waals surface area contributed by atoms with Crippen LogP contribution in [0.4, 0.5) is 0 Å². The molecular formula is C17H28N2O2. The van der Waals surface area contributed by atoms with E-state index in [1.54, 1.807) is 7.11 Å². The summed E-state index contributed by atoms with van der Waals surface area (Å²) in [6, 6.07) is 7.71. The molecule has 21 heavy (non-hydrogen) atoms. The summed E-state index contributed by atoms with van der Waals surface area (Å²) in [4.78, 5) is 4.63. The van der Waals surface area contributed by atoms with Crippen molar-refractivity contribution in [1.82, 2.24) is 9.80 Å². The van der Waals surface area contributed by atoms with Crippen molar-refractivity contribution in [2.24, 2.45) is 5.92 Å². The van der Waals surface area contributed by atoms with Crippen molar-refractivity contribution in [3.05, 3.63) is 29.8 Å². The van der Waals surface area contributed by atoms with Gasteiger partial charge >= 0.3 is 0 Å². The average Bonchev–Trinajstić information content (AvgIpc) is 2.49. The number of aliphatic hydroxyl groups is 1. The van der Waals surface area contributed by atoms with Crippen LogP contribution in [-0.4, -0.2) is 62.3 Å². The van der Waals surface area contributed by atoms with Crippen LogP contribution in [0.25, 0.3) is 0 Å². The van der Waals surface area contributed by atoms with E-state index in [9.17, 15) is 5.11 Å². The third-order valence-electron chi connectivity index (χ3n) is 4.39. The van der Waals surface area contributed by atoms with E-state index in [1.165, 1.54) is 25.9 Å². The lowest BCUT2D eigenvalue weighted by Crippen LogP contribution is -2.37. The molecule has 4 nitrogen and oxygen atoms in total. The molecule has 0 radical (unpaired) electrons. The molecule has 1 aliphatic heterocycles. The Labute approximate surface area is 128 Å². The van der Waals surface area contributed by atoms with E-state index in [0.29, 0.717) is 6.54 Å². The zero-order chi connectivity index (χ0) is 15.2. The van der Waals surface area contributed by atoms with Crippen LogP contribution < -0.4 is 4.74 Å². The van der Waals surface area contributed by atoms with E-state index >= 15 is 0 Å². The van der Waals surface area contributed by atoms with Crippen LogP contribution in [0.15, 0.2) is 24.3 Å². The number of aliphatic hydroxyl groups excluding tert-OH is 1. The quantitative estimate of drug-likeness (QED) is 0.870. The van der Waals surface area contributed by atoms with Crippen LogP contribution in [-0.2, 0) is 0 Å². The van der Waals surface area contributed by atoms with Crippen molar-refractivity contribution in [3.63, 3.8) is 0 Å². The van der Waals surface area contributed by atoms with Gasteiger partial charge in [-0.25, -0.2) is 0 Å². The molecule has 0 aliphatic carbocycles. The molecule has 118 valence electrons. The summed E-state index contributed by atoms with van der Waals surface area (Å²) < 4.78 is 5.33. The lowest BCUT2D eigenvalue weighted by Gasteiger charge is -2.32. The highest BCUT2D eigenvalue weighted by Crippen LogP contribution is 2.25. The number of nitrogens with zero attached hydrogens (tertiary/aromatic N) is 2. The van der Waals surface area contributed by atoms with E-state index in [-0.39, 0.29) is 0 Å². The molecule has 1 heterocycles. The number of methoxy groups -OCH3 is 1. The summed E-state index contributed by atoms with van der Waals surface area (Å²) in [6.45, 7) is 4.08. The SMILES string of the molecule is COc1ccccc1C(O)CN(C)CC1CCN(C)CC1. The van der Waals surface area contributed by atoms with E-state index in [2.05, 4.69) is 23.9 Å². The van der Waals surface area contributed by atoms with Gasteiger partial charge in [-0.2, -0.15) is 0 Å². The molecule has 0 spiro atoms. The van der Waals surface area contributed by atoms with Gasteiger partial charge in [0.1, 0.15) is 5.75 Å². The molecule has 1 aliphatic rings. The second kappa shape index (κ2) is 7.78. The number of benzene rings is 1. The molecule has 1 aromatic rings. The molecule has 1 fully saturated rings. The first kappa shape index (κ1) is 16.3. The Bertz CT molecular complexity index is 431. The van der Waals surface area contributed by atoms with Gasteiger partial charge < -0.3 is 19.6 Å². The number of para-hydroxylation sites is 1. The molecule has 0 saturated carbocycles. The van der Waals surface area contributed by atoms with Crippen molar-refractivity contribution in [1.29, 1.82) is 0 Å². The molecule has 0 bridgehead atoms. The highest BCUT2D eigenvalue weighted by Gasteiger charge is 2.20. The number of hydrogen-bond donors (Lipinski definition) is 1. The fourth-order valence-corrected chi connectivity index (χ4v) is 3.10. The Kier molecular flexibility index (Phi) is 6.03. The number of likely N-dealkylation sites (N-methyl/N-ethyl adjacent to an activating group) is 1. The Hall–Kier alpha value is -1.10. The van der Waals surface area contributed by atoms with E-state index in [1.807, 2.05) is 24.3 Å². The van der Waals surface area contributed by atoms with Gasteiger partial charge in [0.15, 0.2) is 0 Å². The number of ether oxygens (including phenoxy) is 1. The van der Waals surface area contributed by atoms with E-state index < -0.39 is 6.10 Å². The number of rotatable bonds is 6. The Balaban J connectivity index is 1.85. The average molecular weight is 292 g/mol. The summed E-state index contributed by atoms with van der Waals surface area (Å²) in [5.74, 6) is 1.51. The van der Waals surface area contributed by atoms with Crippen LogP contribution in [0.3, 0.4) is 0 Å². The predicted octanol–water partition coefficient (Wildman–Crippen LogP) is 2.00. The van der Waals surface area contributed by atoms with Gasteiger partial charge in [0.25, 0.3) is 0 Å². The number of likely N-dealkylation sites (tertiary alicyclic amines) is 1. The number of hydrogen-bond acceptors (Lipinski definition) is 4. The lowest BCUT2D eigenvalue weighted by atomic mass is 9.96. The van der Waals surface area contributed by atoms with Crippen molar-refractivity contribution in [2.75, 3.05) is 47.4 Å². The molecule has 4 heteroatoms. The maximum Gasteiger partial charge on any atom is 0.124 e. The minimum Gasteiger partial charge on any atom is -0.496 e.